The van der Waals surface area contributed by atoms with E-state index in [-0.39, 0.29) is 5.56 Å². The lowest BCUT2D eigenvalue weighted by Crippen LogP contribution is -2.27. The Balaban J connectivity index is 0.000000815. The Morgan fingerprint density at radius 3 is 2.05 bits per heavy atom. The molecule has 0 aliphatic heterocycles. The zero-order valence-electron chi connectivity index (χ0n) is 25.8. The summed E-state index contributed by atoms with van der Waals surface area (Å²) >= 11 is 0. The normalized spacial score (nSPS) is 11.4. The van der Waals surface area contributed by atoms with Crippen molar-refractivity contribution in [2.45, 2.75) is 94.5 Å². The summed E-state index contributed by atoms with van der Waals surface area (Å²) in [5.74, 6) is 2.08. The maximum Gasteiger partial charge on any atom is 0.261 e. The van der Waals surface area contributed by atoms with Crippen LogP contribution in [0.2, 0.25) is 0 Å². The van der Waals surface area contributed by atoms with E-state index in [1.165, 1.54) is 18.4 Å². The van der Waals surface area contributed by atoms with Crippen molar-refractivity contribution in [3.63, 3.8) is 0 Å². The lowest BCUT2D eigenvalue weighted by molar-refractivity contribution is 0.386. The summed E-state index contributed by atoms with van der Waals surface area (Å²) in [6, 6.07) is 22.7. The molecule has 0 aliphatic rings. The van der Waals surface area contributed by atoms with Crippen LogP contribution < -0.4 is 5.56 Å². The Kier molecular flexibility index (Phi) is 13.2. The summed E-state index contributed by atoms with van der Waals surface area (Å²) < 4.78 is 1.94. The van der Waals surface area contributed by atoms with E-state index < -0.39 is 0 Å². The standard InChI is InChI=1S/C30H34N2O.C4H10.C2H6/c1-5-7-11-23(6-2)20-32-29(26-12-9-8-10-22(26)4)31-28-18-17-25(19-27(28)30(32)33)24-15-13-21(3)14-16-24;1-4(2)3;1-2/h8-10,12-19,23H,5-7,11,20H2,1-4H3;4H,1-3H3;1-2H3. The predicted octanol–water partition coefficient (Wildman–Crippen LogP) is 10.3. The van der Waals surface area contributed by atoms with Gasteiger partial charge in [-0.25, -0.2) is 4.98 Å². The van der Waals surface area contributed by atoms with Crippen LogP contribution in [-0.2, 0) is 6.54 Å². The molecule has 0 N–H and O–H groups in total. The van der Waals surface area contributed by atoms with Crippen LogP contribution in [0.3, 0.4) is 0 Å². The first kappa shape index (κ1) is 32.0. The van der Waals surface area contributed by atoms with Gasteiger partial charge in [-0.3, -0.25) is 9.36 Å². The van der Waals surface area contributed by atoms with Crippen LogP contribution in [0.4, 0.5) is 0 Å². The number of unbranched alkanes of at least 4 members (excludes halogenated alkanes) is 1. The van der Waals surface area contributed by atoms with E-state index >= 15 is 0 Å². The molecule has 210 valence electrons. The molecule has 0 saturated heterocycles. The van der Waals surface area contributed by atoms with Crippen molar-refractivity contribution < 1.29 is 0 Å². The van der Waals surface area contributed by atoms with Gasteiger partial charge in [0.05, 0.1) is 10.9 Å². The van der Waals surface area contributed by atoms with Gasteiger partial charge in [-0.2, -0.15) is 0 Å². The number of hydrogen-bond donors (Lipinski definition) is 0. The fourth-order valence-electron chi connectivity index (χ4n) is 4.52. The highest BCUT2D eigenvalue weighted by Gasteiger charge is 2.18. The van der Waals surface area contributed by atoms with E-state index in [1.54, 1.807) is 0 Å². The third-order valence-electron chi connectivity index (χ3n) is 6.71. The van der Waals surface area contributed by atoms with Crippen LogP contribution in [0, 0.1) is 25.7 Å². The summed E-state index contributed by atoms with van der Waals surface area (Å²) in [4.78, 5) is 19.0. The zero-order chi connectivity index (χ0) is 28.9. The van der Waals surface area contributed by atoms with E-state index in [0.29, 0.717) is 17.8 Å². The average molecular weight is 527 g/mol. The summed E-state index contributed by atoms with van der Waals surface area (Å²) in [5.41, 5.74) is 6.37. The third-order valence-corrected chi connectivity index (χ3v) is 6.71. The minimum absolute atomic E-state index is 0.0576. The first-order valence-electron chi connectivity index (χ1n) is 14.9. The molecule has 0 bridgehead atoms. The molecule has 1 heterocycles. The molecule has 0 amide bonds. The maximum atomic E-state index is 13.9. The van der Waals surface area contributed by atoms with Gasteiger partial charge in [0.2, 0.25) is 0 Å². The molecule has 39 heavy (non-hydrogen) atoms. The number of rotatable bonds is 8. The molecule has 4 aromatic rings. The monoisotopic (exact) mass is 526 g/mol. The maximum absolute atomic E-state index is 13.9. The lowest BCUT2D eigenvalue weighted by atomic mass is 9.98. The summed E-state index contributed by atoms with van der Waals surface area (Å²) in [5, 5.41) is 0.691. The molecule has 1 unspecified atom stereocenters. The van der Waals surface area contributed by atoms with Crippen molar-refractivity contribution in [1.82, 2.24) is 9.55 Å². The molecule has 0 radical (unpaired) electrons. The van der Waals surface area contributed by atoms with Crippen LogP contribution in [0.25, 0.3) is 33.4 Å². The second-order valence-corrected chi connectivity index (χ2v) is 10.9. The van der Waals surface area contributed by atoms with Gasteiger partial charge in [-0.1, -0.05) is 128 Å². The molecule has 0 spiro atoms. The van der Waals surface area contributed by atoms with Crippen molar-refractivity contribution in [2.24, 2.45) is 11.8 Å². The minimum Gasteiger partial charge on any atom is -0.292 e. The Hall–Kier alpha value is -3.20. The Morgan fingerprint density at radius 2 is 1.46 bits per heavy atom. The lowest BCUT2D eigenvalue weighted by Gasteiger charge is -2.20. The number of fused-ring (bicyclic) bond motifs is 1. The van der Waals surface area contributed by atoms with Gasteiger partial charge in [0.1, 0.15) is 5.82 Å². The van der Waals surface area contributed by atoms with Crippen LogP contribution >= 0.6 is 0 Å². The van der Waals surface area contributed by atoms with Crippen molar-refractivity contribution in [3.05, 3.63) is 88.2 Å². The highest BCUT2D eigenvalue weighted by atomic mass is 16.1. The number of aryl methyl sites for hydroxylation is 2. The van der Waals surface area contributed by atoms with Crippen molar-refractivity contribution in [1.29, 1.82) is 0 Å². The summed E-state index contributed by atoms with van der Waals surface area (Å²) in [7, 11) is 0. The third kappa shape index (κ3) is 8.92. The molecule has 1 atom stereocenters. The quantitative estimate of drug-likeness (QED) is 0.229. The molecule has 0 aliphatic carbocycles. The number of benzene rings is 3. The molecule has 0 fully saturated rings. The Labute approximate surface area is 237 Å². The van der Waals surface area contributed by atoms with Gasteiger partial charge in [0, 0.05) is 12.1 Å². The summed E-state index contributed by atoms with van der Waals surface area (Å²) in [6.45, 7) is 19.8. The fourth-order valence-corrected chi connectivity index (χ4v) is 4.52. The molecule has 3 heteroatoms. The van der Waals surface area contributed by atoms with E-state index in [4.69, 9.17) is 4.98 Å². The first-order chi connectivity index (χ1) is 18.7. The van der Waals surface area contributed by atoms with Gasteiger partial charge in [-0.05, 0) is 60.9 Å². The topological polar surface area (TPSA) is 34.9 Å². The van der Waals surface area contributed by atoms with Crippen LogP contribution in [-0.4, -0.2) is 9.55 Å². The SMILES string of the molecule is CC.CC(C)C.CCCCC(CC)Cn1c(-c2ccccc2C)nc2ccc(-c3ccc(C)cc3)cc2c1=O. The highest BCUT2D eigenvalue weighted by Crippen LogP contribution is 2.27. The van der Waals surface area contributed by atoms with Gasteiger partial charge in [-0.15, -0.1) is 0 Å². The van der Waals surface area contributed by atoms with E-state index in [2.05, 4.69) is 90.9 Å². The van der Waals surface area contributed by atoms with Crippen LogP contribution in [0.15, 0.2) is 71.5 Å². The average Bonchev–Trinajstić information content (AvgIpc) is 2.93. The zero-order valence-corrected chi connectivity index (χ0v) is 25.8. The van der Waals surface area contributed by atoms with Gasteiger partial charge in [0.15, 0.2) is 0 Å². The van der Waals surface area contributed by atoms with E-state index in [0.717, 1.165) is 52.4 Å². The van der Waals surface area contributed by atoms with E-state index in [1.807, 2.05) is 42.7 Å². The van der Waals surface area contributed by atoms with Crippen LogP contribution in [0.1, 0.15) is 85.3 Å². The summed E-state index contributed by atoms with van der Waals surface area (Å²) in [6.07, 6.45) is 4.55. The molecule has 1 aromatic heterocycles. The predicted molar refractivity (Wildman–Crippen MR) is 172 cm³/mol. The van der Waals surface area contributed by atoms with Crippen molar-refractivity contribution in [2.75, 3.05) is 0 Å². The number of aromatic nitrogens is 2. The molecular formula is C36H50N2O. The molecule has 0 saturated carbocycles. The Morgan fingerprint density at radius 1 is 0.846 bits per heavy atom. The second-order valence-electron chi connectivity index (χ2n) is 10.9. The number of hydrogen-bond acceptors (Lipinski definition) is 2. The smallest absolute Gasteiger partial charge is 0.261 e. The second kappa shape index (κ2) is 16.0. The van der Waals surface area contributed by atoms with Crippen LogP contribution in [0.5, 0.6) is 0 Å². The van der Waals surface area contributed by atoms with Gasteiger partial charge in [0.25, 0.3) is 5.56 Å². The first-order valence-corrected chi connectivity index (χ1v) is 14.9. The van der Waals surface area contributed by atoms with E-state index in [9.17, 15) is 4.79 Å². The van der Waals surface area contributed by atoms with Gasteiger partial charge >= 0.3 is 0 Å². The number of nitrogens with zero attached hydrogens (tertiary/aromatic N) is 2. The fraction of sp³-hybridized carbons (Fsp3) is 0.444. The minimum atomic E-state index is 0.0576. The largest absolute Gasteiger partial charge is 0.292 e. The Bertz CT molecular complexity index is 1350. The molecule has 3 nitrogen and oxygen atoms in total. The molecule has 4 rings (SSSR count). The van der Waals surface area contributed by atoms with Gasteiger partial charge < -0.3 is 0 Å². The van der Waals surface area contributed by atoms with Crippen molar-refractivity contribution in [3.8, 4) is 22.5 Å². The molecular weight excluding hydrogens is 476 g/mol. The molecule has 3 aromatic carbocycles. The highest BCUT2D eigenvalue weighted by molar-refractivity contribution is 5.85. The van der Waals surface area contributed by atoms with Crippen molar-refractivity contribution >= 4 is 10.9 Å².